The number of carbonyl (C=O) groups is 1. The molecule has 1 heterocycles. The molecule has 0 spiro atoms. The second kappa shape index (κ2) is 9.45. The normalized spacial score (nSPS) is 10.4. The molecule has 28 heavy (non-hydrogen) atoms. The van der Waals surface area contributed by atoms with Crippen LogP contribution in [0.4, 0.5) is 16.0 Å². The standard InChI is InChI=1S/C21H21FN4O2/c1-28-18-8-3-2-6-16(18)11-12-23-19-9-10-20(26-25-19)24-21(27)14-15-5-4-7-17(22)13-15/h2-10,13H,11-12,14H2,1H3,(H,23,25)(H,24,26,27). The highest BCUT2D eigenvalue weighted by Crippen LogP contribution is 2.17. The lowest BCUT2D eigenvalue weighted by molar-refractivity contribution is -0.115. The van der Waals surface area contributed by atoms with Crippen molar-refractivity contribution >= 4 is 17.5 Å². The minimum Gasteiger partial charge on any atom is -0.496 e. The van der Waals surface area contributed by atoms with Crippen LogP contribution < -0.4 is 15.4 Å². The van der Waals surface area contributed by atoms with Crippen LogP contribution in [0.25, 0.3) is 0 Å². The summed E-state index contributed by atoms with van der Waals surface area (Å²) in [6.07, 6.45) is 0.843. The Morgan fingerprint density at radius 3 is 2.57 bits per heavy atom. The summed E-state index contributed by atoms with van der Waals surface area (Å²) in [4.78, 5) is 12.0. The first kappa shape index (κ1) is 19.3. The molecule has 0 aliphatic rings. The molecule has 1 amide bonds. The molecular weight excluding hydrogens is 359 g/mol. The van der Waals surface area contributed by atoms with E-state index in [9.17, 15) is 9.18 Å². The first-order valence-corrected chi connectivity index (χ1v) is 8.88. The van der Waals surface area contributed by atoms with Crippen molar-refractivity contribution in [1.82, 2.24) is 10.2 Å². The highest BCUT2D eigenvalue weighted by molar-refractivity contribution is 5.91. The Morgan fingerprint density at radius 2 is 1.82 bits per heavy atom. The summed E-state index contributed by atoms with van der Waals surface area (Å²) in [5, 5.41) is 13.9. The number of benzene rings is 2. The van der Waals surface area contributed by atoms with Gasteiger partial charge in [0.1, 0.15) is 17.4 Å². The number of halogens is 1. The molecule has 3 aromatic rings. The SMILES string of the molecule is COc1ccccc1CCNc1ccc(NC(=O)Cc2cccc(F)c2)nn1. The van der Waals surface area contributed by atoms with Crippen LogP contribution in [0.2, 0.25) is 0 Å². The van der Waals surface area contributed by atoms with E-state index in [-0.39, 0.29) is 18.1 Å². The zero-order valence-electron chi connectivity index (χ0n) is 15.5. The fourth-order valence-corrected chi connectivity index (χ4v) is 2.75. The van der Waals surface area contributed by atoms with Crippen molar-refractivity contribution in [3.63, 3.8) is 0 Å². The van der Waals surface area contributed by atoms with Gasteiger partial charge in [-0.3, -0.25) is 4.79 Å². The highest BCUT2D eigenvalue weighted by Gasteiger charge is 2.07. The molecule has 0 unspecified atom stereocenters. The maximum atomic E-state index is 13.2. The summed E-state index contributed by atoms with van der Waals surface area (Å²) in [5.74, 6) is 1.16. The number of nitrogens with zero attached hydrogens (tertiary/aromatic N) is 2. The lowest BCUT2D eigenvalue weighted by Crippen LogP contribution is -2.16. The maximum Gasteiger partial charge on any atom is 0.229 e. The van der Waals surface area contributed by atoms with Crippen molar-refractivity contribution in [3.05, 3.63) is 77.6 Å². The van der Waals surface area contributed by atoms with Crippen molar-refractivity contribution < 1.29 is 13.9 Å². The molecule has 6 nitrogen and oxygen atoms in total. The Kier molecular flexibility index (Phi) is 6.51. The Hall–Kier alpha value is -3.48. The van der Waals surface area contributed by atoms with Crippen LogP contribution >= 0.6 is 0 Å². The van der Waals surface area contributed by atoms with Crippen molar-refractivity contribution in [1.29, 1.82) is 0 Å². The van der Waals surface area contributed by atoms with Gasteiger partial charge in [-0.05, 0) is 47.9 Å². The Labute approximate surface area is 162 Å². The Morgan fingerprint density at radius 1 is 1.04 bits per heavy atom. The largest absolute Gasteiger partial charge is 0.496 e. The summed E-state index contributed by atoms with van der Waals surface area (Å²) in [6, 6.07) is 17.2. The van der Waals surface area contributed by atoms with Gasteiger partial charge >= 0.3 is 0 Å². The van der Waals surface area contributed by atoms with Crippen LogP contribution in [0.5, 0.6) is 5.75 Å². The number of nitrogens with one attached hydrogen (secondary N) is 2. The average molecular weight is 380 g/mol. The zero-order chi connectivity index (χ0) is 19.8. The van der Waals surface area contributed by atoms with Gasteiger partial charge in [-0.1, -0.05) is 30.3 Å². The number of amides is 1. The average Bonchev–Trinajstić information content (AvgIpc) is 2.69. The zero-order valence-corrected chi connectivity index (χ0v) is 15.5. The van der Waals surface area contributed by atoms with Crippen LogP contribution in [0.3, 0.4) is 0 Å². The second-order valence-electron chi connectivity index (χ2n) is 6.15. The Bertz CT molecular complexity index is 932. The number of aromatic nitrogens is 2. The topological polar surface area (TPSA) is 76.1 Å². The summed E-state index contributed by atoms with van der Waals surface area (Å²) in [7, 11) is 1.65. The summed E-state index contributed by atoms with van der Waals surface area (Å²) >= 11 is 0. The van der Waals surface area contributed by atoms with Crippen molar-refractivity contribution in [2.24, 2.45) is 0 Å². The molecule has 0 aliphatic heterocycles. The van der Waals surface area contributed by atoms with Crippen LogP contribution in [-0.2, 0) is 17.6 Å². The molecule has 0 saturated heterocycles. The molecule has 0 atom stereocenters. The van der Waals surface area contributed by atoms with Gasteiger partial charge in [0.25, 0.3) is 0 Å². The smallest absolute Gasteiger partial charge is 0.229 e. The minimum absolute atomic E-state index is 0.0678. The van der Waals surface area contributed by atoms with Gasteiger partial charge in [0.15, 0.2) is 5.82 Å². The van der Waals surface area contributed by atoms with Crippen LogP contribution in [0.15, 0.2) is 60.7 Å². The molecule has 0 aliphatic carbocycles. The van der Waals surface area contributed by atoms with Gasteiger partial charge in [0.2, 0.25) is 5.91 Å². The molecule has 2 aromatic carbocycles. The molecule has 1 aromatic heterocycles. The first-order chi connectivity index (χ1) is 13.6. The quantitative estimate of drug-likeness (QED) is 0.626. The number of hydrogen-bond donors (Lipinski definition) is 2. The van der Waals surface area contributed by atoms with Gasteiger partial charge < -0.3 is 15.4 Å². The number of para-hydroxylation sites is 1. The lowest BCUT2D eigenvalue weighted by Gasteiger charge is -2.09. The molecule has 3 rings (SSSR count). The van der Waals surface area contributed by atoms with E-state index in [1.165, 1.54) is 12.1 Å². The molecular formula is C21H21FN4O2. The Balaban J connectivity index is 1.48. The van der Waals surface area contributed by atoms with Crippen LogP contribution in [0, 0.1) is 5.82 Å². The number of anilines is 2. The molecule has 0 radical (unpaired) electrons. The molecule has 144 valence electrons. The predicted molar refractivity (Wildman–Crippen MR) is 106 cm³/mol. The van der Waals surface area contributed by atoms with Gasteiger partial charge in [0, 0.05) is 6.54 Å². The molecule has 7 heteroatoms. The van der Waals surface area contributed by atoms with E-state index in [1.807, 2.05) is 24.3 Å². The summed E-state index contributed by atoms with van der Waals surface area (Å²) in [5.41, 5.74) is 1.70. The summed E-state index contributed by atoms with van der Waals surface area (Å²) < 4.78 is 18.5. The van der Waals surface area contributed by atoms with E-state index in [2.05, 4.69) is 20.8 Å². The first-order valence-electron chi connectivity index (χ1n) is 8.88. The van der Waals surface area contributed by atoms with Gasteiger partial charge in [-0.2, -0.15) is 0 Å². The van der Waals surface area contributed by atoms with Crippen molar-refractivity contribution in [2.75, 3.05) is 24.3 Å². The van der Waals surface area contributed by atoms with E-state index < -0.39 is 0 Å². The molecule has 0 bridgehead atoms. The number of carbonyl (C=O) groups excluding carboxylic acids is 1. The van der Waals surface area contributed by atoms with Crippen LogP contribution in [-0.4, -0.2) is 29.8 Å². The lowest BCUT2D eigenvalue weighted by atomic mass is 10.1. The van der Waals surface area contributed by atoms with E-state index >= 15 is 0 Å². The summed E-state index contributed by atoms with van der Waals surface area (Å²) in [6.45, 7) is 0.667. The predicted octanol–water partition coefficient (Wildman–Crippen LogP) is 3.46. The number of rotatable bonds is 8. The third-order valence-electron chi connectivity index (χ3n) is 4.08. The van der Waals surface area contributed by atoms with Gasteiger partial charge in [-0.25, -0.2) is 4.39 Å². The molecule has 2 N–H and O–H groups in total. The third kappa shape index (κ3) is 5.51. The monoisotopic (exact) mass is 380 g/mol. The number of methoxy groups -OCH3 is 1. The van der Waals surface area contributed by atoms with Gasteiger partial charge in [-0.15, -0.1) is 10.2 Å². The van der Waals surface area contributed by atoms with Crippen molar-refractivity contribution in [3.8, 4) is 5.75 Å². The van der Waals surface area contributed by atoms with E-state index in [1.54, 1.807) is 31.4 Å². The second-order valence-corrected chi connectivity index (χ2v) is 6.15. The van der Waals surface area contributed by atoms with Gasteiger partial charge in [0.05, 0.1) is 13.5 Å². The van der Waals surface area contributed by atoms with Crippen molar-refractivity contribution in [2.45, 2.75) is 12.8 Å². The minimum atomic E-state index is -0.367. The molecule has 0 fully saturated rings. The van der Waals surface area contributed by atoms with E-state index in [4.69, 9.17) is 4.74 Å². The number of ether oxygens (including phenoxy) is 1. The maximum absolute atomic E-state index is 13.2. The fraction of sp³-hybridized carbons (Fsp3) is 0.190. The van der Waals surface area contributed by atoms with Crippen LogP contribution in [0.1, 0.15) is 11.1 Å². The van der Waals surface area contributed by atoms with E-state index in [0.29, 0.717) is 23.7 Å². The third-order valence-corrected chi connectivity index (χ3v) is 4.08. The fourth-order valence-electron chi connectivity index (χ4n) is 2.75. The highest BCUT2D eigenvalue weighted by atomic mass is 19.1. The molecule has 0 saturated carbocycles. The number of hydrogen-bond acceptors (Lipinski definition) is 5. The van der Waals surface area contributed by atoms with E-state index in [0.717, 1.165) is 17.7 Å².